The molecule has 1 unspecified atom stereocenters. The van der Waals surface area contributed by atoms with Gasteiger partial charge < -0.3 is 5.11 Å². The molecule has 1 fully saturated rings. The molecule has 36 valence electrons. The Labute approximate surface area is 50.9 Å². The fraction of sp³-hybridized carbons (Fsp3) is 1.00. The zero-order valence-corrected chi connectivity index (χ0v) is 5.55. The third kappa shape index (κ3) is 0.680. The molecule has 0 heterocycles. The summed E-state index contributed by atoms with van der Waals surface area (Å²) in [7, 11) is 0. The summed E-state index contributed by atoms with van der Waals surface area (Å²) < 4.78 is 0.558. The van der Waals surface area contributed by atoms with Crippen LogP contribution >= 0.6 is 22.6 Å². The topological polar surface area (TPSA) is 20.2 Å². The molecule has 0 amide bonds. The smallest absolute Gasteiger partial charge is 0.0658 e. The van der Waals surface area contributed by atoms with E-state index in [9.17, 15) is 0 Å². The van der Waals surface area contributed by atoms with Gasteiger partial charge in [0.15, 0.2) is 0 Å². The molecule has 1 nitrogen and oxygen atoms in total. The predicted octanol–water partition coefficient (Wildman–Crippen LogP) is 0.945. The minimum Gasteiger partial charge on any atom is -0.392 e. The maximum atomic E-state index is 8.71. The molecule has 2 heteroatoms. The average molecular weight is 198 g/mol. The molecule has 1 aliphatic rings. The monoisotopic (exact) mass is 198 g/mol. The number of alkyl halides is 1. The molecule has 6 heavy (non-hydrogen) atoms. The third-order valence-electron chi connectivity index (χ3n) is 1.16. The van der Waals surface area contributed by atoms with Crippen molar-refractivity contribution >= 4 is 22.6 Å². The van der Waals surface area contributed by atoms with Crippen molar-refractivity contribution in [1.82, 2.24) is 0 Å². The molecule has 0 aromatic rings. The maximum absolute atomic E-state index is 8.71. The Morgan fingerprint density at radius 3 is 2.00 bits per heavy atom. The van der Waals surface area contributed by atoms with Crippen LogP contribution in [0.5, 0.6) is 0 Å². The summed E-state index contributed by atoms with van der Waals surface area (Å²) in [5, 5.41) is 8.71. The van der Waals surface area contributed by atoms with Crippen molar-refractivity contribution in [2.45, 2.75) is 22.9 Å². The Hall–Kier alpha value is 0.690. The summed E-state index contributed by atoms with van der Waals surface area (Å²) in [5.74, 6) is 0. The highest BCUT2D eigenvalue weighted by Crippen LogP contribution is 2.26. The molecule has 0 saturated heterocycles. The van der Waals surface area contributed by atoms with Gasteiger partial charge in [-0.05, 0) is 12.8 Å². The van der Waals surface area contributed by atoms with Crippen LogP contribution < -0.4 is 0 Å². The van der Waals surface area contributed by atoms with E-state index in [0.717, 1.165) is 6.42 Å². The fourth-order valence-electron chi connectivity index (χ4n) is 0.442. The van der Waals surface area contributed by atoms with E-state index in [1.54, 1.807) is 0 Å². The molecule has 0 spiro atoms. The number of aliphatic hydroxyl groups excluding tert-OH is 1. The minimum atomic E-state index is 0.0191. The van der Waals surface area contributed by atoms with Gasteiger partial charge in [0.25, 0.3) is 0 Å². The second-order valence-electron chi connectivity index (χ2n) is 1.66. The van der Waals surface area contributed by atoms with Crippen molar-refractivity contribution in [2.75, 3.05) is 0 Å². The zero-order valence-electron chi connectivity index (χ0n) is 3.39. The minimum absolute atomic E-state index is 0.0191. The van der Waals surface area contributed by atoms with E-state index < -0.39 is 0 Å². The molecular weight excluding hydrogens is 191 g/mol. The van der Waals surface area contributed by atoms with Crippen LogP contribution in [0.4, 0.5) is 0 Å². The van der Waals surface area contributed by atoms with E-state index >= 15 is 0 Å². The molecule has 2 atom stereocenters. The third-order valence-corrected chi connectivity index (χ3v) is 2.61. The summed E-state index contributed by atoms with van der Waals surface area (Å²) in [5.41, 5.74) is 0. The van der Waals surface area contributed by atoms with Crippen LogP contribution in [0.1, 0.15) is 12.8 Å². The van der Waals surface area contributed by atoms with Crippen molar-refractivity contribution in [1.29, 1.82) is 0 Å². The Bertz CT molecular complexity index is 47.5. The lowest BCUT2D eigenvalue weighted by molar-refractivity contribution is 0.110. The van der Waals surface area contributed by atoms with Crippen LogP contribution in [-0.2, 0) is 0 Å². The molecule has 1 N–H and O–H groups in total. The Balaban J connectivity index is 2.20. The van der Waals surface area contributed by atoms with Gasteiger partial charge in [-0.2, -0.15) is 0 Å². The summed E-state index contributed by atoms with van der Waals surface area (Å²) in [6.45, 7) is 0. The van der Waals surface area contributed by atoms with Crippen molar-refractivity contribution in [3.63, 3.8) is 0 Å². The summed E-state index contributed by atoms with van der Waals surface area (Å²) in [6, 6.07) is 0. The Kier molecular flexibility index (Phi) is 1.34. The average Bonchev–Trinajstić information content (AvgIpc) is 1.61. The van der Waals surface area contributed by atoms with Gasteiger partial charge in [-0.15, -0.1) is 0 Å². The fourth-order valence-corrected chi connectivity index (χ4v) is 1.16. The van der Waals surface area contributed by atoms with Crippen LogP contribution in [0.2, 0.25) is 0 Å². The Morgan fingerprint density at radius 2 is 2.00 bits per heavy atom. The summed E-state index contributed by atoms with van der Waals surface area (Å²) >= 11 is 2.27. The number of halogens is 1. The van der Waals surface area contributed by atoms with Gasteiger partial charge in [-0.1, -0.05) is 22.6 Å². The number of aliphatic hydroxyl groups is 1. The van der Waals surface area contributed by atoms with Crippen molar-refractivity contribution in [2.24, 2.45) is 0 Å². The SMILES string of the molecule is O[C@@H]1CCC1I. The number of hydrogen-bond donors (Lipinski definition) is 1. The van der Waals surface area contributed by atoms with Crippen LogP contribution in [0.25, 0.3) is 0 Å². The number of rotatable bonds is 0. The molecular formula is C4H7IO. The van der Waals surface area contributed by atoms with Gasteiger partial charge in [0, 0.05) is 3.92 Å². The van der Waals surface area contributed by atoms with Crippen molar-refractivity contribution in [3.8, 4) is 0 Å². The van der Waals surface area contributed by atoms with Crippen LogP contribution in [0.15, 0.2) is 0 Å². The van der Waals surface area contributed by atoms with E-state index in [0.29, 0.717) is 3.92 Å². The number of hydrogen-bond acceptors (Lipinski definition) is 1. The lowest BCUT2D eigenvalue weighted by Crippen LogP contribution is -2.30. The first-order chi connectivity index (χ1) is 2.80. The molecule has 0 aromatic carbocycles. The Morgan fingerprint density at radius 1 is 1.50 bits per heavy atom. The first-order valence-corrected chi connectivity index (χ1v) is 3.37. The second kappa shape index (κ2) is 1.66. The highest BCUT2D eigenvalue weighted by molar-refractivity contribution is 14.1. The van der Waals surface area contributed by atoms with E-state index in [2.05, 4.69) is 22.6 Å². The van der Waals surface area contributed by atoms with Crippen LogP contribution in [0, 0.1) is 0 Å². The van der Waals surface area contributed by atoms with E-state index in [1.807, 2.05) is 0 Å². The van der Waals surface area contributed by atoms with Gasteiger partial charge in [-0.25, -0.2) is 0 Å². The largest absolute Gasteiger partial charge is 0.392 e. The van der Waals surface area contributed by atoms with Crippen LogP contribution in [-0.4, -0.2) is 15.1 Å². The van der Waals surface area contributed by atoms with Gasteiger partial charge in [0.1, 0.15) is 0 Å². The lowest BCUT2D eigenvalue weighted by Gasteiger charge is -2.26. The first-order valence-electron chi connectivity index (χ1n) is 2.13. The van der Waals surface area contributed by atoms with Gasteiger partial charge in [0.05, 0.1) is 6.10 Å². The molecule has 1 aliphatic carbocycles. The molecule has 1 saturated carbocycles. The standard InChI is InChI=1S/C4H7IO/c5-3-1-2-4(3)6/h3-4,6H,1-2H2/t3?,4-/m1/s1. The highest BCUT2D eigenvalue weighted by atomic mass is 127. The molecule has 0 bridgehead atoms. The predicted molar refractivity (Wildman–Crippen MR) is 33.0 cm³/mol. The first kappa shape index (κ1) is 4.84. The van der Waals surface area contributed by atoms with Crippen LogP contribution in [0.3, 0.4) is 0 Å². The van der Waals surface area contributed by atoms with Gasteiger partial charge in [0.2, 0.25) is 0 Å². The van der Waals surface area contributed by atoms with E-state index in [-0.39, 0.29) is 6.10 Å². The van der Waals surface area contributed by atoms with E-state index in [4.69, 9.17) is 5.11 Å². The van der Waals surface area contributed by atoms with Crippen molar-refractivity contribution in [3.05, 3.63) is 0 Å². The lowest BCUT2D eigenvalue weighted by atomic mass is 9.97. The molecule has 0 aromatic heterocycles. The summed E-state index contributed by atoms with van der Waals surface area (Å²) in [4.78, 5) is 0. The van der Waals surface area contributed by atoms with Crippen molar-refractivity contribution < 1.29 is 5.11 Å². The molecule has 0 radical (unpaired) electrons. The van der Waals surface area contributed by atoms with E-state index in [1.165, 1.54) is 6.42 Å². The zero-order chi connectivity index (χ0) is 4.57. The van der Waals surface area contributed by atoms with Gasteiger partial charge in [-0.3, -0.25) is 0 Å². The maximum Gasteiger partial charge on any atom is 0.0658 e. The highest BCUT2D eigenvalue weighted by Gasteiger charge is 2.24. The summed E-state index contributed by atoms with van der Waals surface area (Å²) in [6.07, 6.45) is 2.25. The normalized spacial score (nSPS) is 45.0. The quantitative estimate of drug-likeness (QED) is 0.453. The molecule has 0 aliphatic heterocycles. The van der Waals surface area contributed by atoms with Gasteiger partial charge >= 0.3 is 0 Å². The second-order valence-corrected chi connectivity index (χ2v) is 3.26. The molecule has 1 rings (SSSR count).